The lowest BCUT2D eigenvalue weighted by atomic mass is 10.1. The Morgan fingerprint density at radius 1 is 1.25 bits per heavy atom. The van der Waals surface area contributed by atoms with Gasteiger partial charge in [0.05, 0.1) is 12.4 Å². The van der Waals surface area contributed by atoms with E-state index in [-0.39, 0.29) is 15.7 Å². The predicted molar refractivity (Wildman–Crippen MR) is 72.2 cm³/mol. The van der Waals surface area contributed by atoms with E-state index in [1.54, 1.807) is 13.0 Å². The standard InChI is InChI=1S/C12H11ClFN3O2S/c1-8(10-4-2-3-5-11(10)14)17-20(18,19)9-6-15-12(13)16-7-9/h2-8,17H,1H3. The van der Waals surface area contributed by atoms with E-state index in [4.69, 9.17) is 11.6 Å². The molecule has 0 fully saturated rings. The number of hydrogen-bond donors (Lipinski definition) is 1. The van der Waals surface area contributed by atoms with Crippen molar-refractivity contribution in [2.45, 2.75) is 17.9 Å². The number of aromatic nitrogens is 2. The molecule has 2 rings (SSSR count). The van der Waals surface area contributed by atoms with Gasteiger partial charge in [-0.05, 0) is 24.6 Å². The Morgan fingerprint density at radius 3 is 2.45 bits per heavy atom. The van der Waals surface area contributed by atoms with Crippen LogP contribution in [-0.2, 0) is 10.0 Å². The second-order valence-electron chi connectivity index (χ2n) is 4.05. The van der Waals surface area contributed by atoms with E-state index in [1.165, 1.54) is 18.2 Å². The second kappa shape index (κ2) is 5.82. The fourth-order valence-electron chi connectivity index (χ4n) is 1.63. The van der Waals surface area contributed by atoms with Crippen molar-refractivity contribution in [3.05, 3.63) is 53.3 Å². The molecule has 1 heterocycles. The molecule has 0 radical (unpaired) electrons. The van der Waals surface area contributed by atoms with Gasteiger partial charge in [0.25, 0.3) is 0 Å². The van der Waals surface area contributed by atoms with E-state index in [0.717, 1.165) is 12.4 Å². The van der Waals surface area contributed by atoms with Crippen LogP contribution in [0.3, 0.4) is 0 Å². The van der Waals surface area contributed by atoms with Gasteiger partial charge in [0.1, 0.15) is 10.7 Å². The van der Waals surface area contributed by atoms with Gasteiger partial charge in [0.15, 0.2) is 0 Å². The molecule has 0 aliphatic carbocycles. The topological polar surface area (TPSA) is 72.0 Å². The minimum atomic E-state index is -3.84. The van der Waals surface area contributed by atoms with Crippen molar-refractivity contribution in [2.75, 3.05) is 0 Å². The van der Waals surface area contributed by atoms with Gasteiger partial charge in [0.2, 0.25) is 15.3 Å². The van der Waals surface area contributed by atoms with Crippen LogP contribution >= 0.6 is 11.6 Å². The molecular weight excluding hydrogens is 305 g/mol. The summed E-state index contributed by atoms with van der Waals surface area (Å²) in [6.45, 7) is 1.55. The Bertz CT molecular complexity index is 707. The van der Waals surface area contributed by atoms with E-state index in [1.807, 2.05) is 0 Å². The zero-order valence-corrected chi connectivity index (χ0v) is 12.0. The molecule has 0 spiro atoms. The van der Waals surface area contributed by atoms with Crippen LogP contribution in [0, 0.1) is 5.82 Å². The van der Waals surface area contributed by atoms with Crippen LogP contribution in [0.2, 0.25) is 5.28 Å². The monoisotopic (exact) mass is 315 g/mol. The van der Waals surface area contributed by atoms with Crippen molar-refractivity contribution in [1.29, 1.82) is 0 Å². The van der Waals surface area contributed by atoms with E-state index < -0.39 is 21.9 Å². The number of nitrogens with zero attached hydrogens (tertiary/aromatic N) is 2. The zero-order valence-electron chi connectivity index (χ0n) is 10.4. The first-order chi connectivity index (χ1) is 9.40. The molecule has 1 unspecified atom stereocenters. The van der Waals surface area contributed by atoms with Crippen LogP contribution in [0.5, 0.6) is 0 Å². The number of rotatable bonds is 4. The fraction of sp³-hybridized carbons (Fsp3) is 0.167. The maximum absolute atomic E-state index is 13.6. The lowest BCUT2D eigenvalue weighted by Crippen LogP contribution is -2.27. The van der Waals surface area contributed by atoms with Crippen LogP contribution in [0.1, 0.15) is 18.5 Å². The molecule has 1 aromatic carbocycles. The van der Waals surface area contributed by atoms with Gasteiger partial charge in [0, 0.05) is 11.6 Å². The van der Waals surface area contributed by atoms with Crippen LogP contribution < -0.4 is 4.72 Å². The third kappa shape index (κ3) is 3.30. The summed E-state index contributed by atoms with van der Waals surface area (Å²) in [6.07, 6.45) is 2.18. The van der Waals surface area contributed by atoms with Gasteiger partial charge in [-0.1, -0.05) is 18.2 Å². The summed E-state index contributed by atoms with van der Waals surface area (Å²) in [5.41, 5.74) is 0.256. The number of sulfonamides is 1. The number of hydrogen-bond acceptors (Lipinski definition) is 4. The van der Waals surface area contributed by atoms with E-state index in [2.05, 4.69) is 14.7 Å². The summed E-state index contributed by atoms with van der Waals surface area (Å²) in [4.78, 5) is 7.07. The Labute approximate surface area is 120 Å². The first-order valence-electron chi connectivity index (χ1n) is 5.64. The average molecular weight is 316 g/mol. The maximum atomic E-state index is 13.6. The highest BCUT2D eigenvalue weighted by atomic mass is 35.5. The largest absolute Gasteiger partial charge is 0.244 e. The summed E-state index contributed by atoms with van der Waals surface area (Å²) in [6, 6.07) is 5.23. The van der Waals surface area contributed by atoms with Crippen molar-refractivity contribution in [1.82, 2.24) is 14.7 Å². The van der Waals surface area contributed by atoms with Crippen molar-refractivity contribution >= 4 is 21.6 Å². The van der Waals surface area contributed by atoms with Gasteiger partial charge < -0.3 is 0 Å². The van der Waals surface area contributed by atoms with E-state index in [0.29, 0.717) is 0 Å². The molecule has 0 aliphatic rings. The summed E-state index contributed by atoms with van der Waals surface area (Å²) in [5.74, 6) is -0.477. The first-order valence-corrected chi connectivity index (χ1v) is 7.50. The maximum Gasteiger partial charge on any atom is 0.244 e. The molecule has 0 saturated carbocycles. The minimum absolute atomic E-state index is 0.0499. The zero-order chi connectivity index (χ0) is 14.8. The number of benzene rings is 1. The smallest absolute Gasteiger partial charge is 0.225 e. The highest BCUT2D eigenvalue weighted by Crippen LogP contribution is 2.19. The predicted octanol–water partition coefficient (Wildman–Crippen LogP) is 2.31. The molecule has 1 N–H and O–H groups in total. The summed E-state index contributed by atoms with van der Waals surface area (Å²) >= 11 is 5.50. The molecule has 0 amide bonds. The van der Waals surface area contributed by atoms with Gasteiger partial charge in [-0.15, -0.1) is 0 Å². The Morgan fingerprint density at radius 2 is 1.85 bits per heavy atom. The highest BCUT2D eigenvalue weighted by Gasteiger charge is 2.20. The van der Waals surface area contributed by atoms with Crippen LogP contribution in [0.15, 0.2) is 41.6 Å². The normalized spacial score (nSPS) is 13.2. The third-order valence-electron chi connectivity index (χ3n) is 2.61. The van der Waals surface area contributed by atoms with Crippen molar-refractivity contribution in [3.8, 4) is 0 Å². The molecule has 2 aromatic rings. The quantitative estimate of drug-likeness (QED) is 0.879. The minimum Gasteiger partial charge on any atom is -0.225 e. The summed E-state index contributed by atoms with van der Waals surface area (Å²) in [5, 5.41) is -0.0499. The molecule has 0 bridgehead atoms. The molecule has 0 aliphatic heterocycles. The summed E-state index contributed by atoms with van der Waals surface area (Å²) in [7, 11) is -3.84. The molecule has 0 saturated heterocycles. The fourth-order valence-corrected chi connectivity index (χ4v) is 2.84. The van der Waals surface area contributed by atoms with Crippen molar-refractivity contribution < 1.29 is 12.8 Å². The highest BCUT2D eigenvalue weighted by molar-refractivity contribution is 7.89. The lowest BCUT2D eigenvalue weighted by molar-refractivity contribution is 0.549. The average Bonchev–Trinajstić information content (AvgIpc) is 2.39. The second-order valence-corrected chi connectivity index (χ2v) is 6.10. The molecule has 1 atom stereocenters. The summed E-state index contributed by atoms with van der Waals surface area (Å²) < 4.78 is 40.1. The van der Waals surface area contributed by atoms with Gasteiger partial charge in [-0.25, -0.2) is 27.5 Å². The molecule has 106 valence electrons. The van der Waals surface area contributed by atoms with Crippen molar-refractivity contribution in [3.63, 3.8) is 0 Å². The van der Waals surface area contributed by atoms with E-state index >= 15 is 0 Å². The van der Waals surface area contributed by atoms with Crippen LogP contribution in [0.4, 0.5) is 4.39 Å². The molecule has 5 nitrogen and oxygen atoms in total. The molecule has 1 aromatic heterocycles. The van der Waals surface area contributed by atoms with Gasteiger partial charge in [-0.3, -0.25) is 0 Å². The van der Waals surface area contributed by atoms with Crippen LogP contribution in [-0.4, -0.2) is 18.4 Å². The first kappa shape index (κ1) is 14.8. The Hall–Kier alpha value is -1.57. The Balaban J connectivity index is 2.24. The van der Waals surface area contributed by atoms with Crippen molar-refractivity contribution in [2.24, 2.45) is 0 Å². The molecule has 8 heteroatoms. The molecular formula is C12H11ClFN3O2S. The number of nitrogens with one attached hydrogen (secondary N) is 1. The van der Waals surface area contributed by atoms with Gasteiger partial charge in [-0.2, -0.15) is 0 Å². The van der Waals surface area contributed by atoms with Gasteiger partial charge >= 0.3 is 0 Å². The third-order valence-corrected chi connectivity index (χ3v) is 4.30. The lowest BCUT2D eigenvalue weighted by Gasteiger charge is -2.15. The number of halogens is 2. The molecule has 20 heavy (non-hydrogen) atoms. The van der Waals surface area contributed by atoms with Crippen LogP contribution in [0.25, 0.3) is 0 Å². The SMILES string of the molecule is CC(NS(=O)(=O)c1cnc(Cl)nc1)c1ccccc1F. The Kier molecular flexibility index (Phi) is 4.32. The van der Waals surface area contributed by atoms with E-state index in [9.17, 15) is 12.8 Å².